The van der Waals surface area contributed by atoms with Crippen LogP contribution in [0.2, 0.25) is 5.02 Å². The van der Waals surface area contributed by atoms with Gasteiger partial charge >= 0.3 is 0 Å². The average Bonchev–Trinajstić information content (AvgIpc) is 3.27. The smallest absolute Gasteiger partial charge is 0.281 e. The summed E-state index contributed by atoms with van der Waals surface area (Å²) >= 11 is 6.36. The highest BCUT2D eigenvalue weighted by Crippen LogP contribution is 2.26. The third-order valence-corrected chi connectivity index (χ3v) is 5.87. The number of anilines is 2. The summed E-state index contributed by atoms with van der Waals surface area (Å²) in [6, 6.07) is 7.44. The molecule has 0 saturated heterocycles. The van der Waals surface area contributed by atoms with E-state index in [0.717, 1.165) is 0 Å². The molecular formula is C23H20ClFN8O. The maximum Gasteiger partial charge on any atom is 0.281 e. The molecule has 5 rings (SSSR count). The van der Waals surface area contributed by atoms with Gasteiger partial charge in [0.1, 0.15) is 17.7 Å². The average molecular weight is 479 g/mol. The number of benzene rings is 2. The third-order valence-electron chi connectivity index (χ3n) is 5.56. The van der Waals surface area contributed by atoms with Crippen molar-refractivity contribution in [3.8, 4) is 0 Å². The van der Waals surface area contributed by atoms with Crippen molar-refractivity contribution in [3.05, 3.63) is 81.1 Å². The van der Waals surface area contributed by atoms with Crippen molar-refractivity contribution in [3.63, 3.8) is 0 Å². The molecular weight excluding hydrogens is 459 g/mol. The molecule has 0 bridgehead atoms. The molecule has 2 aromatic carbocycles. The van der Waals surface area contributed by atoms with Crippen LogP contribution in [-0.4, -0.2) is 29.6 Å². The van der Waals surface area contributed by atoms with Crippen LogP contribution in [-0.2, 0) is 0 Å². The number of fused-ring (bicyclic) bond motifs is 2. The van der Waals surface area contributed by atoms with Crippen LogP contribution < -0.4 is 16.3 Å². The van der Waals surface area contributed by atoms with Gasteiger partial charge in [-0.25, -0.2) is 29.0 Å². The normalized spacial score (nSPS) is 12.3. The van der Waals surface area contributed by atoms with Crippen LogP contribution in [0.4, 0.5) is 15.9 Å². The largest absolute Gasteiger partial charge is 0.358 e. The number of hydrogen-bond acceptors (Lipinski definition) is 7. The van der Waals surface area contributed by atoms with Crippen LogP contribution in [0.25, 0.3) is 22.1 Å². The topological polar surface area (TPSA) is 113 Å². The molecule has 0 aliphatic carbocycles. The van der Waals surface area contributed by atoms with Crippen LogP contribution in [0.15, 0.2) is 47.8 Å². The van der Waals surface area contributed by atoms with Gasteiger partial charge in [-0.05, 0) is 56.2 Å². The van der Waals surface area contributed by atoms with Gasteiger partial charge in [0.15, 0.2) is 17.3 Å². The molecule has 5 aromatic rings. The SMILES string of the molecule is Cc1cc(F)cc(C)c1Nn1c([C@H](C)Nc2ncnc3nc[nH]c23)nc2cccc(Cl)c2c1=O. The van der Waals surface area contributed by atoms with E-state index in [4.69, 9.17) is 16.6 Å². The van der Waals surface area contributed by atoms with Gasteiger partial charge in [-0.3, -0.25) is 10.2 Å². The van der Waals surface area contributed by atoms with Crippen molar-refractivity contribution in [2.24, 2.45) is 0 Å². The van der Waals surface area contributed by atoms with Crippen molar-refractivity contribution in [2.75, 3.05) is 10.7 Å². The standard InChI is InChI=1S/C23H20ClFN8O/c1-11-7-14(25)8-12(2)18(11)32-33-22(31-16-6-4-5-15(24)17(16)23(33)34)13(3)30-21-19-20(27-9-26-19)28-10-29-21/h4-10,13,32H,1-3H3,(H2,26,27,28,29,30)/t13-/m0/s1. The molecule has 0 aliphatic rings. The Morgan fingerprint density at radius 3 is 2.68 bits per heavy atom. The molecule has 0 amide bonds. The molecule has 0 unspecified atom stereocenters. The second-order valence-electron chi connectivity index (χ2n) is 7.96. The first kappa shape index (κ1) is 21.8. The van der Waals surface area contributed by atoms with E-state index >= 15 is 0 Å². The second kappa shape index (κ2) is 8.38. The van der Waals surface area contributed by atoms with Gasteiger partial charge < -0.3 is 10.3 Å². The van der Waals surface area contributed by atoms with Crippen LogP contribution >= 0.6 is 11.6 Å². The highest BCUT2D eigenvalue weighted by atomic mass is 35.5. The number of aromatic amines is 1. The first-order valence-electron chi connectivity index (χ1n) is 10.5. The molecule has 0 fully saturated rings. The van der Waals surface area contributed by atoms with E-state index in [1.807, 2.05) is 6.92 Å². The molecule has 34 heavy (non-hydrogen) atoms. The van der Waals surface area contributed by atoms with Crippen molar-refractivity contribution in [1.82, 2.24) is 29.6 Å². The van der Waals surface area contributed by atoms with Crippen molar-refractivity contribution in [1.29, 1.82) is 0 Å². The summed E-state index contributed by atoms with van der Waals surface area (Å²) in [7, 11) is 0. The molecule has 0 saturated carbocycles. The predicted molar refractivity (Wildman–Crippen MR) is 130 cm³/mol. The molecule has 0 aliphatic heterocycles. The number of imidazole rings is 1. The molecule has 1 atom stereocenters. The van der Waals surface area contributed by atoms with Crippen LogP contribution in [0.3, 0.4) is 0 Å². The lowest BCUT2D eigenvalue weighted by molar-refractivity contribution is 0.625. The minimum atomic E-state index is -0.481. The number of nitrogens with one attached hydrogen (secondary N) is 3. The summed E-state index contributed by atoms with van der Waals surface area (Å²) in [4.78, 5) is 34.0. The Balaban J connectivity index is 1.67. The number of halogens is 2. The number of aryl methyl sites for hydroxylation is 2. The fourth-order valence-electron chi connectivity index (χ4n) is 3.95. The maximum atomic E-state index is 13.9. The van der Waals surface area contributed by atoms with E-state index in [1.54, 1.807) is 32.0 Å². The van der Waals surface area contributed by atoms with Gasteiger partial charge in [-0.1, -0.05) is 17.7 Å². The quantitative estimate of drug-likeness (QED) is 0.340. The predicted octanol–water partition coefficient (Wildman–Crippen LogP) is 4.52. The molecule has 0 radical (unpaired) electrons. The Morgan fingerprint density at radius 2 is 1.91 bits per heavy atom. The summed E-state index contributed by atoms with van der Waals surface area (Å²) in [5.41, 5.74) is 6.26. The van der Waals surface area contributed by atoms with Crippen LogP contribution in [0.1, 0.15) is 29.9 Å². The van der Waals surface area contributed by atoms with Crippen LogP contribution in [0, 0.1) is 19.7 Å². The molecule has 3 aromatic heterocycles. The monoisotopic (exact) mass is 478 g/mol. The lowest BCUT2D eigenvalue weighted by Crippen LogP contribution is -2.34. The fourth-order valence-corrected chi connectivity index (χ4v) is 4.20. The summed E-state index contributed by atoms with van der Waals surface area (Å²) in [5.74, 6) is 0.542. The first-order valence-corrected chi connectivity index (χ1v) is 10.9. The van der Waals surface area contributed by atoms with E-state index in [-0.39, 0.29) is 16.8 Å². The number of aromatic nitrogens is 6. The highest BCUT2D eigenvalue weighted by Gasteiger charge is 2.21. The fraction of sp³-hybridized carbons (Fsp3) is 0.174. The number of nitrogens with zero attached hydrogens (tertiary/aromatic N) is 5. The molecule has 0 spiro atoms. The van der Waals surface area contributed by atoms with Crippen molar-refractivity contribution in [2.45, 2.75) is 26.8 Å². The second-order valence-corrected chi connectivity index (χ2v) is 8.37. The minimum Gasteiger partial charge on any atom is -0.358 e. The Hall–Kier alpha value is -4.05. The Kier molecular flexibility index (Phi) is 5.37. The Morgan fingerprint density at radius 1 is 1.15 bits per heavy atom. The van der Waals surface area contributed by atoms with Crippen LogP contribution in [0.5, 0.6) is 0 Å². The van der Waals surface area contributed by atoms with E-state index < -0.39 is 6.04 Å². The lowest BCUT2D eigenvalue weighted by atomic mass is 10.1. The Bertz CT molecular complexity index is 1590. The zero-order valence-electron chi connectivity index (χ0n) is 18.5. The van der Waals surface area contributed by atoms with E-state index in [1.165, 1.54) is 29.5 Å². The van der Waals surface area contributed by atoms with Gasteiger partial charge in [0.25, 0.3) is 5.56 Å². The van der Waals surface area contributed by atoms with E-state index in [0.29, 0.717) is 50.2 Å². The molecule has 11 heteroatoms. The zero-order chi connectivity index (χ0) is 24.0. The number of H-pyrrole nitrogens is 1. The summed E-state index contributed by atoms with van der Waals surface area (Å²) in [6.45, 7) is 5.38. The van der Waals surface area contributed by atoms with Gasteiger partial charge in [-0.2, -0.15) is 0 Å². The summed E-state index contributed by atoms with van der Waals surface area (Å²) < 4.78 is 15.2. The molecule has 3 heterocycles. The first-order chi connectivity index (χ1) is 16.3. The van der Waals surface area contributed by atoms with Crippen molar-refractivity contribution < 1.29 is 4.39 Å². The Labute approximate surface area is 198 Å². The lowest BCUT2D eigenvalue weighted by Gasteiger charge is -2.22. The third kappa shape index (κ3) is 3.71. The summed E-state index contributed by atoms with van der Waals surface area (Å²) in [5, 5.41) is 3.85. The number of hydrogen-bond donors (Lipinski definition) is 3. The molecule has 9 nitrogen and oxygen atoms in total. The molecule has 3 N–H and O–H groups in total. The van der Waals surface area contributed by atoms with Gasteiger partial charge in [-0.15, -0.1) is 0 Å². The van der Waals surface area contributed by atoms with Crippen molar-refractivity contribution >= 4 is 45.2 Å². The minimum absolute atomic E-state index is 0.281. The van der Waals surface area contributed by atoms with Gasteiger partial charge in [0.2, 0.25) is 0 Å². The van der Waals surface area contributed by atoms with E-state index in [2.05, 4.69) is 30.7 Å². The molecule has 172 valence electrons. The highest BCUT2D eigenvalue weighted by molar-refractivity contribution is 6.35. The maximum absolute atomic E-state index is 13.9. The van der Waals surface area contributed by atoms with Gasteiger partial charge in [0, 0.05) is 0 Å². The van der Waals surface area contributed by atoms with E-state index in [9.17, 15) is 9.18 Å². The zero-order valence-corrected chi connectivity index (χ0v) is 19.3. The summed E-state index contributed by atoms with van der Waals surface area (Å²) in [6.07, 6.45) is 2.94. The van der Waals surface area contributed by atoms with Gasteiger partial charge in [0.05, 0.1) is 34.0 Å². The number of rotatable bonds is 5.